The van der Waals surface area contributed by atoms with Gasteiger partial charge in [-0.1, -0.05) is 30.3 Å². The van der Waals surface area contributed by atoms with Crippen molar-refractivity contribution >= 4 is 5.78 Å². The van der Waals surface area contributed by atoms with Gasteiger partial charge in [-0.05, 0) is 12.0 Å². The van der Waals surface area contributed by atoms with Gasteiger partial charge in [0.1, 0.15) is 5.76 Å². The van der Waals surface area contributed by atoms with Crippen LogP contribution in [0, 0.1) is 0 Å². The molecular weight excluding hydrogens is 200 g/mol. The highest BCUT2D eigenvalue weighted by Gasteiger charge is 2.33. The van der Waals surface area contributed by atoms with Crippen LogP contribution in [-0.2, 0) is 9.53 Å². The quantitative estimate of drug-likeness (QED) is 0.718. The van der Waals surface area contributed by atoms with Gasteiger partial charge in [0.25, 0.3) is 0 Å². The van der Waals surface area contributed by atoms with Gasteiger partial charge in [0.15, 0.2) is 5.78 Å². The highest BCUT2D eigenvalue weighted by Crippen LogP contribution is 2.40. The van der Waals surface area contributed by atoms with E-state index in [4.69, 9.17) is 4.74 Å². The van der Waals surface area contributed by atoms with Gasteiger partial charge in [0.05, 0.1) is 6.61 Å². The Kier molecular flexibility index (Phi) is 2.28. The smallest absolute Gasteiger partial charge is 0.162 e. The molecule has 1 aromatic rings. The third-order valence-corrected chi connectivity index (χ3v) is 3.42. The minimum Gasteiger partial charge on any atom is -0.497 e. The molecule has 1 atom stereocenters. The van der Waals surface area contributed by atoms with Crippen molar-refractivity contribution in [1.29, 1.82) is 0 Å². The number of Topliss-reactive ketones (excluding diaryl/α,β-unsaturated/α-hetero) is 1. The average molecular weight is 214 g/mol. The standard InChI is InChI=1S/C14H14O2/c15-13-7-6-11(10-4-2-1-3-5-10)14-12(13)8-9-16-14/h1-5,11H,6-9H2. The molecule has 1 aliphatic carbocycles. The summed E-state index contributed by atoms with van der Waals surface area (Å²) in [4.78, 5) is 11.7. The largest absolute Gasteiger partial charge is 0.497 e. The lowest BCUT2D eigenvalue weighted by Gasteiger charge is -2.23. The number of hydrogen-bond donors (Lipinski definition) is 0. The van der Waals surface area contributed by atoms with Crippen molar-refractivity contribution in [3.05, 3.63) is 47.2 Å². The predicted molar refractivity (Wildman–Crippen MR) is 61.0 cm³/mol. The second-order valence-electron chi connectivity index (χ2n) is 4.37. The molecule has 1 aromatic carbocycles. The molecule has 2 aliphatic rings. The van der Waals surface area contributed by atoms with Gasteiger partial charge in [0, 0.05) is 24.3 Å². The van der Waals surface area contributed by atoms with E-state index in [0.717, 1.165) is 24.2 Å². The van der Waals surface area contributed by atoms with Gasteiger partial charge in [-0.2, -0.15) is 0 Å². The fourth-order valence-electron chi connectivity index (χ4n) is 2.62. The zero-order chi connectivity index (χ0) is 11.0. The maximum absolute atomic E-state index is 11.7. The second kappa shape index (κ2) is 3.78. The number of hydrogen-bond acceptors (Lipinski definition) is 2. The molecule has 2 heteroatoms. The molecule has 2 nitrogen and oxygen atoms in total. The van der Waals surface area contributed by atoms with Gasteiger partial charge in [-0.25, -0.2) is 0 Å². The normalized spacial score (nSPS) is 24.2. The Hall–Kier alpha value is -1.57. The maximum atomic E-state index is 11.7. The van der Waals surface area contributed by atoms with Crippen molar-refractivity contribution in [2.45, 2.75) is 25.2 Å². The molecular formula is C14H14O2. The van der Waals surface area contributed by atoms with Crippen LogP contribution in [-0.4, -0.2) is 12.4 Å². The lowest BCUT2D eigenvalue weighted by Crippen LogP contribution is -2.16. The highest BCUT2D eigenvalue weighted by molar-refractivity contribution is 5.97. The fourth-order valence-corrected chi connectivity index (χ4v) is 2.62. The van der Waals surface area contributed by atoms with Crippen LogP contribution in [0.25, 0.3) is 0 Å². The molecule has 0 amide bonds. The van der Waals surface area contributed by atoms with Crippen LogP contribution < -0.4 is 0 Å². The van der Waals surface area contributed by atoms with Crippen molar-refractivity contribution in [2.24, 2.45) is 0 Å². The topological polar surface area (TPSA) is 26.3 Å². The number of ketones is 1. The Bertz CT molecular complexity index is 445. The first-order valence-electron chi connectivity index (χ1n) is 5.80. The van der Waals surface area contributed by atoms with E-state index >= 15 is 0 Å². The number of rotatable bonds is 1. The third kappa shape index (κ3) is 1.45. The van der Waals surface area contributed by atoms with E-state index in [0.29, 0.717) is 24.7 Å². The first-order valence-corrected chi connectivity index (χ1v) is 5.80. The summed E-state index contributed by atoms with van der Waals surface area (Å²) in [6.07, 6.45) is 2.36. The van der Waals surface area contributed by atoms with Crippen molar-refractivity contribution in [3.63, 3.8) is 0 Å². The zero-order valence-electron chi connectivity index (χ0n) is 9.11. The molecule has 16 heavy (non-hydrogen) atoms. The average Bonchev–Trinajstić information content (AvgIpc) is 2.81. The monoisotopic (exact) mass is 214 g/mol. The number of ether oxygens (including phenoxy) is 1. The summed E-state index contributed by atoms with van der Waals surface area (Å²) in [6.45, 7) is 0.680. The number of carbonyl (C=O) groups is 1. The molecule has 1 unspecified atom stereocenters. The van der Waals surface area contributed by atoms with E-state index in [1.165, 1.54) is 5.56 Å². The molecule has 82 valence electrons. The van der Waals surface area contributed by atoms with Crippen molar-refractivity contribution in [3.8, 4) is 0 Å². The van der Waals surface area contributed by atoms with Crippen LogP contribution in [0.1, 0.15) is 30.7 Å². The van der Waals surface area contributed by atoms with E-state index in [-0.39, 0.29) is 0 Å². The summed E-state index contributed by atoms with van der Waals surface area (Å²) >= 11 is 0. The number of benzene rings is 1. The van der Waals surface area contributed by atoms with E-state index in [2.05, 4.69) is 12.1 Å². The van der Waals surface area contributed by atoms with Crippen LogP contribution in [0.3, 0.4) is 0 Å². The van der Waals surface area contributed by atoms with Crippen molar-refractivity contribution in [2.75, 3.05) is 6.61 Å². The van der Waals surface area contributed by atoms with Crippen LogP contribution >= 0.6 is 0 Å². The second-order valence-corrected chi connectivity index (χ2v) is 4.37. The lowest BCUT2D eigenvalue weighted by molar-refractivity contribution is -0.116. The maximum Gasteiger partial charge on any atom is 0.162 e. The molecule has 0 N–H and O–H groups in total. The Balaban J connectivity index is 2.01. The van der Waals surface area contributed by atoms with Crippen LogP contribution in [0.4, 0.5) is 0 Å². The zero-order valence-corrected chi connectivity index (χ0v) is 9.11. The van der Waals surface area contributed by atoms with E-state index < -0.39 is 0 Å². The van der Waals surface area contributed by atoms with Gasteiger partial charge in [-0.15, -0.1) is 0 Å². The molecule has 3 rings (SSSR count). The fraction of sp³-hybridized carbons (Fsp3) is 0.357. The Morgan fingerprint density at radius 2 is 1.94 bits per heavy atom. The SMILES string of the molecule is O=C1CCC(c2ccccc2)C2=C1CCO2. The first-order chi connectivity index (χ1) is 7.86. The first kappa shape index (κ1) is 9.64. The summed E-state index contributed by atoms with van der Waals surface area (Å²) in [7, 11) is 0. The molecule has 0 fully saturated rings. The molecule has 0 saturated carbocycles. The van der Waals surface area contributed by atoms with E-state index in [1.807, 2.05) is 18.2 Å². The predicted octanol–water partition coefficient (Wildman–Crippen LogP) is 2.81. The van der Waals surface area contributed by atoms with Gasteiger partial charge < -0.3 is 4.74 Å². The minimum atomic E-state index is 0.291. The summed E-state index contributed by atoms with van der Waals surface area (Å²) in [6, 6.07) is 10.3. The number of carbonyl (C=O) groups excluding carboxylic acids is 1. The van der Waals surface area contributed by atoms with E-state index in [9.17, 15) is 4.79 Å². The summed E-state index contributed by atoms with van der Waals surface area (Å²) in [5.74, 6) is 1.54. The molecule has 0 spiro atoms. The van der Waals surface area contributed by atoms with Crippen LogP contribution in [0.15, 0.2) is 41.7 Å². The molecule has 0 aromatic heterocycles. The Morgan fingerprint density at radius 3 is 2.75 bits per heavy atom. The summed E-state index contributed by atoms with van der Waals surface area (Å²) < 4.78 is 5.65. The highest BCUT2D eigenvalue weighted by atomic mass is 16.5. The van der Waals surface area contributed by atoms with Crippen molar-refractivity contribution in [1.82, 2.24) is 0 Å². The van der Waals surface area contributed by atoms with E-state index in [1.54, 1.807) is 0 Å². The molecule has 1 heterocycles. The van der Waals surface area contributed by atoms with Crippen LogP contribution in [0.2, 0.25) is 0 Å². The summed E-state index contributed by atoms with van der Waals surface area (Å²) in [5, 5.41) is 0. The molecule has 0 radical (unpaired) electrons. The molecule has 0 saturated heterocycles. The van der Waals surface area contributed by atoms with Gasteiger partial charge in [-0.3, -0.25) is 4.79 Å². The molecule has 1 aliphatic heterocycles. The van der Waals surface area contributed by atoms with Crippen molar-refractivity contribution < 1.29 is 9.53 Å². The summed E-state index contributed by atoms with van der Waals surface area (Å²) in [5.41, 5.74) is 2.21. The Morgan fingerprint density at radius 1 is 1.12 bits per heavy atom. The van der Waals surface area contributed by atoms with Gasteiger partial charge in [0.2, 0.25) is 0 Å². The third-order valence-electron chi connectivity index (χ3n) is 3.42. The van der Waals surface area contributed by atoms with Gasteiger partial charge >= 0.3 is 0 Å². The molecule has 0 bridgehead atoms. The lowest BCUT2D eigenvalue weighted by atomic mass is 9.83. The number of allylic oxidation sites excluding steroid dienone is 1. The Labute approximate surface area is 94.9 Å². The van der Waals surface area contributed by atoms with Crippen LogP contribution in [0.5, 0.6) is 0 Å². The minimum absolute atomic E-state index is 0.291.